The van der Waals surface area contributed by atoms with Crippen LogP contribution in [0, 0.1) is 11.3 Å². The van der Waals surface area contributed by atoms with Crippen LogP contribution in [-0.2, 0) is 4.79 Å². The zero-order valence-corrected chi connectivity index (χ0v) is 14.4. The lowest BCUT2D eigenvalue weighted by molar-refractivity contribution is -0.121. The summed E-state index contributed by atoms with van der Waals surface area (Å²) < 4.78 is 1.04. The molecule has 1 aliphatic carbocycles. The Hall–Kier alpha value is -1.38. The summed E-state index contributed by atoms with van der Waals surface area (Å²) in [6.07, 6.45) is 4.45. The standard InChI is InChI=1S/C17H22BrN3O/c1-2-15(13-5-7-14(18)8-6-13)20-11-16(22)21-17(12-19)9-3-4-10-17/h5-8,15,20H,2-4,9-11H2,1H3,(H,21,22)/t15-/m0/s1. The number of carbonyl (C=O) groups excluding carboxylic acids is 1. The number of nitriles is 1. The molecule has 0 saturated heterocycles. The van der Waals surface area contributed by atoms with Crippen LogP contribution in [0.1, 0.15) is 50.6 Å². The highest BCUT2D eigenvalue weighted by atomic mass is 79.9. The summed E-state index contributed by atoms with van der Waals surface area (Å²) in [5, 5.41) is 15.5. The molecular weight excluding hydrogens is 342 g/mol. The van der Waals surface area contributed by atoms with Crippen molar-refractivity contribution in [3.8, 4) is 6.07 Å². The van der Waals surface area contributed by atoms with Crippen molar-refractivity contribution in [2.45, 2.75) is 50.6 Å². The van der Waals surface area contributed by atoms with Crippen LogP contribution < -0.4 is 10.6 Å². The molecule has 2 N–H and O–H groups in total. The minimum Gasteiger partial charge on any atom is -0.337 e. The van der Waals surface area contributed by atoms with E-state index in [1.54, 1.807) is 0 Å². The van der Waals surface area contributed by atoms with Crippen molar-refractivity contribution in [2.24, 2.45) is 0 Å². The van der Waals surface area contributed by atoms with Crippen LogP contribution in [0.4, 0.5) is 0 Å². The fraction of sp³-hybridized carbons (Fsp3) is 0.529. The van der Waals surface area contributed by atoms with E-state index in [2.05, 4.69) is 51.7 Å². The number of benzene rings is 1. The molecule has 5 heteroatoms. The molecule has 0 aliphatic heterocycles. The number of hydrogen-bond donors (Lipinski definition) is 2. The molecule has 22 heavy (non-hydrogen) atoms. The minimum absolute atomic E-state index is 0.0981. The molecule has 0 unspecified atom stereocenters. The van der Waals surface area contributed by atoms with E-state index >= 15 is 0 Å². The number of halogens is 1. The summed E-state index contributed by atoms with van der Waals surface area (Å²) in [5.74, 6) is -0.0981. The van der Waals surface area contributed by atoms with Gasteiger partial charge in [-0.05, 0) is 49.8 Å². The summed E-state index contributed by atoms with van der Waals surface area (Å²) in [6.45, 7) is 2.32. The second-order valence-corrected chi connectivity index (χ2v) is 6.76. The minimum atomic E-state index is -0.641. The molecule has 0 bridgehead atoms. The van der Waals surface area contributed by atoms with Crippen LogP contribution in [0.15, 0.2) is 28.7 Å². The number of carbonyl (C=O) groups is 1. The van der Waals surface area contributed by atoms with Crippen molar-refractivity contribution in [3.05, 3.63) is 34.3 Å². The maximum absolute atomic E-state index is 12.1. The van der Waals surface area contributed by atoms with Crippen LogP contribution in [-0.4, -0.2) is 18.0 Å². The van der Waals surface area contributed by atoms with E-state index in [0.717, 1.165) is 42.1 Å². The molecule has 1 aromatic rings. The average molecular weight is 364 g/mol. The molecule has 4 nitrogen and oxygen atoms in total. The third-order valence-electron chi connectivity index (χ3n) is 4.24. The number of hydrogen-bond acceptors (Lipinski definition) is 3. The van der Waals surface area contributed by atoms with Gasteiger partial charge in [-0.2, -0.15) is 5.26 Å². The van der Waals surface area contributed by atoms with Crippen molar-refractivity contribution in [2.75, 3.05) is 6.54 Å². The summed E-state index contributed by atoms with van der Waals surface area (Å²) >= 11 is 3.43. The number of nitrogens with zero attached hydrogens (tertiary/aromatic N) is 1. The molecule has 0 radical (unpaired) electrons. The highest BCUT2D eigenvalue weighted by molar-refractivity contribution is 9.10. The molecular formula is C17H22BrN3O. The molecule has 1 fully saturated rings. The van der Waals surface area contributed by atoms with Crippen molar-refractivity contribution in [1.82, 2.24) is 10.6 Å². The first-order chi connectivity index (χ1) is 10.6. The van der Waals surface area contributed by atoms with Gasteiger partial charge in [-0.15, -0.1) is 0 Å². The summed E-state index contributed by atoms with van der Waals surface area (Å²) in [6, 6.07) is 10.5. The highest BCUT2D eigenvalue weighted by Crippen LogP contribution is 2.28. The van der Waals surface area contributed by atoms with Gasteiger partial charge in [0, 0.05) is 10.5 Å². The third kappa shape index (κ3) is 4.31. The van der Waals surface area contributed by atoms with Crippen molar-refractivity contribution >= 4 is 21.8 Å². The van der Waals surface area contributed by atoms with Crippen LogP contribution in [0.3, 0.4) is 0 Å². The third-order valence-corrected chi connectivity index (χ3v) is 4.77. The Morgan fingerprint density at radius 3 is 2.55 bits per heavy atom. The van der Waals surface area contributed by atoms with Crippen LogP contribution in [0.5, 0.6) is 0 Å². The monoisotopic (exact) mass is 363 g/mol. The number of nitrogens with one attached hydrogen (secondary N) is 2. The molecule has 0 heterocycles. The fourth-order valence-electron chi connectivity index (χ4n) is 2.96. The molecule has 118 valence electrons. The van der Waals surface area contributed by atoms with Crippen molar-refractivity contribution in [1.29, 1.82) is 5.26 Å². The Bertz CT molecular complexity index is 544. The second-order valence-electron chi connectivity index (χ2n) is 5.84. The van der Waals surface area contributed by atoms with Gasteiger partial charge in [0.05, 0.1) is 12.6 Å². The summed E-state index contributed by atoms with van der Waals surface area (Å²) in [4.78, 5) is 12.1. The van der Waals surface area contributed by atoms with Gasteiger partial charge in [-0.25, -0.2) is 0 Å². The largest absolute Gasteiger partial charge is 0.337 e. The quantitative estimate of drug-likeness (QED) is 0.813. The van der Waals surface area contributed by atoms with Gasteiger partial charge in [0.15, 0.2) is 0 Å². The lowest BCUT2D eigenvalue weighted by Crippen LogP contribution is -2.48. The molecule has 1 aliphatic rings. The highest BCUT2D eigenvalue weighted by Gasteiger charge is 2.35. The van der Waals surface area contributed by atoms with Gasteiger partial charge in [0.1, 0.15) is 5.54 Å². The van der Waals surface area contributed by atoms with Gasteiger partial charge in [-0.3, -0.25) is 4.79 Å². The Labute approximate surface area is 140 Å². The van der Waals surface area contributed by atoms with Gasteiger partial charge < -0.3 is 10.6 Å². The van der Waals surface area contributed by atoms with E-state index in [0.29, 0.717) is 0 Å². The summed E-state index contributed by atoms with van der Waals surface area (Å²) in [7, 11) is 0. The Morgan fingerprint density at radius 1 is 1.36 bits per heavy atom. The van der Waals surface area contributed by atoms with E-state index in [1.165, 1.54) is 0 Å². The summed E-state index contributed by atoms with van der Waals surface area (Å²) in [5.41, 5.74) is 0.521. The molecule has 1 amide bonds. The lowest BCUT2D eigenvalue weighted by Gasteiger charge is -2.23. The second kappa shape index (κ2) is 7.75. The molecule has 1 saturated carbocycles. The number of amides is 1. The van der Waals surface area contributed by atoms with E-state index in [-0.39, 0.29) is 18.5 Å². The predicted molar refractivity (Wildman–Crippen MR) is 90.1 cm³/mol. The van der Waals surface area contributed by atoms with E-state index in [1.807, 2.05) is 12.1 Å². The van der Waals surface area contributed by atoms with Crippen LogP contribution >= 0.6 is 15.9 Å². The Kier molecular flexibility index (Phi) is 5.98. The molecule has 0 spiro atoms. The molecule has 1 aromatic carbocycles. The molecule has 0 aromatic heterocycles. The first kappa shape index (κ1) is 17.0. The van der Waals surface area contributed by atoms with Crippen molar-refractivity contribution in [3.63, 3.8) is 0 Å². The molecule has 2 rings (SSSR count). The molecule has 1 atom stereocenters. The van der Waals surface area contributed by atoms with Crippen LogP contribution in [0.25, 0.3) is 0 Å². The first-order valence-electron chi connectivity index (χ1n) is 7.79. The van der Waals surface area contributed by atoms with Gasteiger partial charge in [-0.1, -0.05) is 35.0 Å². The zero-order chi connectivity index (χ0) is 16.0. The van der Waals surface area contributed by atoms with E-state index in [9.17, 15) is 10.1 Å². The lowest BCUT2D eigenvalue weighted by atomic mass is 10.00. The smallest absolute Gasteiger partial charge is 0.235 e. The van der Waals surface area contributed by atoms with Gasteiger partial charge in [0.2, 0.25) is 5.91 Å². The average Bonchev–Trinajstić information content (AvgIpc) is 2.98. The van der Waals surface area contributed by atoms with Gasteiger partial charge >= 0.3 is 0 Å². The normalized spacial score (nSPS) is 17.7. The topological polar surface area (TPSA) is 64.9 Å². The van der Waals surface area contributed by atoms with Gasteiger partial charge in [0.25, 0.3) is 0 Å². The Morgan fingerprint density at radius 2 is 2.00 bits per heavy atom. The number of rotatable bonds is 6. The maximum Gasteiger partial charge on any atom is 0.235 e. The SMILES string of the molecule is CC[C@H](NCC(=O)NC1(C#N)CCCC1)c1ccc(Br)cc1. The fourth-order valence-corrected chi connectivity index (χ4v) is 3.23. The maximum atomic E-state index is 12.1. The zero-order valence-electron chi connectivity index (χ0n) is 12.9. The van der Waals surface area contributed by atoms with Crippen LogP contribution in [0.2, 0.25) is 0 Å². The first-order valence-corrected chi connectivity index (χ1v) is 8.59. The Balaban J connectivity index is 1.89. The predicted octanol–water partition coefficient (Wildman–Crippen LogP) is 3.44. The van der Waals surface area contributed by atoms with Crippen molar-refractivity contribution < 1.29 is 4.79 Å². The van der Waals surface area contributed by atoms with E-state index < -0.39 is 5.54 Å². The van der Waals surface area contributed by atoms with E-state index in [4.69, 9.17) is 0 Å².